The predicted octanol–water partition coefficient (Wildman–Crippen LogP) is 1.67. The summed E-state index contributed by atoms with van der Waals surface area (Å²) in [5.41, 5.74) is 0.347. The van der Waals surface area contributed by atoms with Crippen LogP contribution in [0.2, 0.25) is 10.0 Å². The minimum Gasteiger partial charge on any atom is -0.264 e. The maximum absolute atomic E-state index is 8.28. The summed E-state index contributed by atoms with van der Waals surface area (Å²) >= 11 is 11.3. The third-order valence-electron chi connectivity index (χ3n) is 1.41. The zero-order chi connectivity index (χ0) is 9.84. The minimum absolute atomic E-state index is 0.276. The van der Waals surface area contributed by atoms with E-state index in [1.165, 1.54) is 18.2 Å². The lowest BCUT2D eigenvalue weighted by atomic mass is 9.80. The van der Waals surface area contributed by atoms with Crippen LogP contribution in [0.4, 0.5) is 0 Å². The largest absolute Gasteiger partial charge is 0.554 e. The summed E-state index contributed by atoms with van der Waals surface area (Å²) in [5.74, 6) is 0. The molecule has 7 heteroatoms. The molecule has 0 aliphatic rings. The molecule has 0 atom stereocenters. The number of rotatable bonds is 3. The molecule has 0 amide bonds. The second kappa shape index (κ2) is 4.81. The highest BCUT2D eigenvalue weighted by atomic mass is 35.5. The van der Waals surface area contributed by atoms with Gasteiger partial charge in [-0.3, -0.25) is 20.1 Å². The van der Waals surface area contributed by atoms with Crippen LogP contribution in [-0.2, 0) is 9.61 Å². The second-order valence-electron chi connectivity index (χ2n) is 2.22. The smallest absolute Gasteiger partial charge is 0.264 e. The number of hydrogen-bond donors (Lipinski definition) is 2. The van der Waals surface area contributed by atoms with Crippen LogP contribution in [-0.4, -0.2) is 17.6 Å². The molecule has 0 fully saturated rings. The predicted molar refractivity (Wildman–Crippen MR) is 49.3 cm³/mol. The highest BCUT2D eigenvalue weighted by Crippen LogP contribution is 2.19. The van der Waals surface area contributed by atoms with E-state index >= 15 is 0 Å². The molecule has 0 radical (unpaired) electrons. The van der Waals surface area contributed by atoms with Crippen LogP contribution in [0.3, 0.4) is 0 Å². The fourth-order valence-corrected chi connectivity index (χ4v) is 1.11. The fourth-order valence-electron chi connectivity index (χ4n) is 0.800. The van der Waals surface area contributed by atoms with Crippen molar-refractivity contribution < 1.29 is 20.1 Å². The fraction of sp³-hybridized carbons (Fsp3) is 0. The zero-order valence-corrected chi connectivity index (χ0v) is 7.79. The topological polar surface area (TPSA) is 58.9 Å². The Labute approximate surface area is 84.6 Å². The van der Waals surface area contributed by atoms with Crippen molar-refractivity contribution in [3.8, 4) is 0 Å². The maximum atomic E-state index is 8.28. The number of hydrogen-bond acceptors (Lipinski definition) is 4. The summed E-state index contributed by atoms with van der Waals surface area (Å²) in [4.78, 5) is 7.61. The van der Waals surface area contributed by atoms with Crippen molar-refractivity contribution in [2.75, 3.05) is 0 Å². The molecule has 70 valence electrons. The van der Waals surface area contributed by atoms with Crippen LogP contribution in [0.5, 0.6) is 0 Å². The highest BCUT2D eigenvalue weighted by Gasteiger charge is 2.22. The summed E-state index contributed by atoms with van der Waals surface area (Å²) in [6, 6.07) is 4.39. The van der Waals surface area contributed by atoms with Gasteiger partial charge in [-0.05, 0) is 17.6 Å². The molecule has 13 heavy (non-hydrogen) atoms. The van der Waals surface area contributed by atoms with Crippen LogP contribution in [0.15, 0.2) is 18.2 Å². The van der Waals surface area contributed by atoms with Gasteiger partial charge in [-0.1, -0.05) is 29.3 Å². The van der Waals surface area contributed by atoms with Gasteiger partial charge in [0.15, 0.2) is 0 Å². The van der Waals surface area contributed by atoms with Crippen LogP contribution in [0, 0.1) is 0 Å². The Balaban J connectivity index is 2.95. The molecule has 1 aromatic rings. The van der Waals surface area contributed by atoms with Gasteiger partial charge in [0.25, 0.3) is 0 Å². The van der Waals surface area contributed by atoms with Gasteiger partial charge in [0.05, 0.1) is 10.0 Å². The minimum atomic E-state index is -1.28. The van der Waals surface area contributed by atoms with Gasteiger partial charge in [-0.25, -0.2) is 0 Å². The molecule has 0 saturated carbocycles. The van der Waals surface area contributed by atoms with Gasteiger partial charge in [0, 0.05) is 0 Å². The lowest BCUT2D eigenvalue weighted by Crippen LogP contribution is -2.35. The standard InChI is InChI=1S/C6H5BCl2O4/c8-5-2-1-4(3-6(5)9)7(12-10)13-11/h1-3,10-11H. The van der Waals surface area contributed by atoms with Crippen molar-refractivity contribution in [1.29, 1.82) is 0 Å². The average Bonchev–Trinajstić information content (AvgIpc) is 2.13. The molecule has 1 rings (SSSR count). The molecular weight excluding hydrogens is 218 g/mol. The summed E-state index contributed by atoms with van der Waals surface area (Å²) in [5, 5.41) is 17.2. The molecule has 0 heterocycles. The molecule has 1 aromatic carbocycles. The molecule has 0 aromatic heterocycles. The first kappa shape index (κ1) is 10.8. The van der Waals surface area contributed by atoms with E-state index in [9.17, 15) is 0 Å². The zero-order valence-electron chi connectivity index (χ0n) is 6.28. The Morgan fingerprint density at radius 3 is 2.15 bits per heavy atom. The van der Waals surface area contributed by atoms with Gasteiger partial charge >= 0.3 is 7.12 Å². The lowest BCUT2D eigenvalue weighted by Gasteiger charge is -2.05. The lowest BCUT2D eigenvalue weighted by molar-refractivity contribution is -0.221. The Kier molecular flexibility index (Phi) is 3.99. The molecule has 0 unspecified atom stereocenters. The van der Waals surface area contributed by atoms with E-state index in [0.717, 1.165) is 0 Å². The van der Waals surface area contributed by atoms with E-state index in [1.807, 2.05) is 0 Å². The van der Waals surface area contributed by atoms with Gasteiger partial charge in [0.1, 0.15) is 0 Å². The van der Waals surface area contributed by atoms with Crippen LogP contribution >= 0.6 is 23.2 Å². The molecule has 0 aliphatic heterocycles. The monoisotopic (exact) mass is 222 g/mol. The first-order valence-corrected chi connectivity index (χ1v) is 4.00. The van der Waals surface area contributed by atoms with Gasteiger partial charge in [0.2, 0.25) is 0 Å². The van der Waals surface area contributed by atoms with Crippen molar-refractivity contribution in [2.24, 2.45) is 0 Å². The van der Waals surface area contributed by atoms with E-state index in [2.05, 4.69) is 9.61 Å². The van der Waals surface area contributed by atoms with Crippen molar-refractivity contribution >= 4 is 35.8 Å². The summed E-state index contributed by atoms with van der Waals surface area (Å²) in [6.07, 6.45) is 0. The Morgan fingerprint density at radius 1 is 1.08 bits per heavy atom. The van der Waals surface area contributed by atoms with Gasteiger partial charge in [-0.2, -0.15) is 0 Å². The van der Waals surface area contributed by atoms with E-state index in [4.69, 9.17) is 33.7 Å². The van der Waals surface area contributed by atoms with Crippen molar-refractivity contribution in [1.82, 2.24) is 0 Å². The normalized spacial score (nSPS) is 10.2. The SMILES string of the molecule is OOB(OO)c1ccc(Cl)c(Cl)c1. The first-order valence-electron chi connectivity index (χ1n) is 3.24. The number of benzene rings is 1. The summed E-state index contributed by atoms with van der Waals surface area (Å²) in [7, 11) is -1.28. The molecule has 0 spiro atoms. The van der Waals surface area contributed by atoms with Crippen molar-refractivity contribution in [3.05, 3.63) is 28.2 Å². The van der Waals surface area contributed by atoms with E-state index in [0.29, 0.717) is 10.5 Å². The first-order chi connectivity index (χ1) is 6.19. The molecule has 4 nitrogen and oxygen atoms in total. The summed E-state index contributed by atoms with van der Waals surface area (Å²) < 4.78 is 0. The average molecular weight is 223 g/mol. The Hall–Kier alpha value is -0.295. The molecule has 0 aliphatic carbocycles. The highest BCUT2D eigenvalue weighted by molar-refractivity contribution is 6.61. The third-order valence-corrected chi connectivity index (χ3v) is 2.15. The maximum Gasteiger partial charge on any atom is 0.554 e. The Bertz CT molecular complexity index is 292. The van der Waals surface area contributed by atoms with Crippen molar-refractivity contribution in [2.45, 2.75) is 0 Å². The van der Waals surface area contributed by atoms with E-state index < -0.39 is 7.12 Å². The van der Waals surface area contributed by atoms with Gasteiger partial charge in [-0.15, -0.1) is 0 Å². The molecule has 2 N–H and O–H groups in total. The Morgan fingerprint density at radius 2 is 1.69 bits per heavy atom. The molecule has 0 bridgehead atoms. The quantitative estimate of drug-likeness (QED) is 0.464. The third kappa shape index (κ3) is 2.57. The van der Waals surface area contributed by atoms with E-state index in [1.54, 1.807) is 0 Å². The van der Waals surface area contributed by atoms with Crippen LogP contribution in [0.1, 0.15) is 0 Å². The van der Waals surface area contributed by atoms with Crippen LogP contribution < -0.4 is 5.46 Å². The molecule has 0 saturated heterocycles. The van der Waals surface area contributed by atoms with Crippen LogP contribution in [0.25, 0.3) is 0 Å². The van der Waals surface area contributed by atoms with Crippen molar-refractivity contribution in [3.63, 3.8) is 0 Å². The van der Waals surface area contributed by atoms with Gasteiger partial charge < -0.3 is 0 Å². The van der Waals surface area contributed by atoms with E-state index in [-0.39, 0.29) is 5.02 Å². The molecular formula is C6H5BCl2O4. The second-order valence-corrected chi connectivity index (χ2v) is 3.03. The number of halogens is 2. The summed E-state index contributed by atoms with van der Waals surface area (Å²) in [6.45, 7) is 0.